The molecule has 11 heteroatoms. The van der Waals surface area contributed by atoms with Crippen LogP contribution in [0.4, 0.5) is 36.8 Å². The highest BCUT2D eigenvalue weighted by atomic mass is 19.4. The predicted molar refractivity (Wildman–Crippen MR) is 113 cm³/mol. The molecule has 1 aromatic carbocycles. The van der Waals surface area contributed by atoms with Gasteiger partial charge in [-0.3, -0.25) is 9.80 Å². The molecule has 1 spiro atoms. The molecule has 0 atom stereocenters. The Morgan fingerprint density at radius 1 is 0.971 bits per heavy atom. The van der Waals surface area contributed by atoms with Crippen LogP contribution in [0.15, 0.2) is 42.6 Å². The molecule has 184 valence electrons. The van der Waals surface area contributed by atoms with E-state index in [0.717, 1.165) is 10.5 Å². The first-order chi connectivity index (χ1) is 15.8. The van der Waals surface area contributed by atoms with Gasteiger partial charge in [0.15, 0.2) is 0 Å². The minimum atomic E-state index is -5.09. The second kappa shape index (κ2) is 8.14. The monoisotopic (exact) mass is 486 g/mol. The lowest BCUT2D eigenvalue weighted by Crippen LogP contribution is -2.54. The molecule has 2 fully saturated rings. The summed E-state index contributed by atoms with van der Waals surface area (Å²) in [6.07, 6.45) is -7.35. The quantitative estimate of drug-likeness (QED) is 0.590. The van der Waals surface area contributed by atoms with Crippen molar-refractivity contribution in [2.75, 3.05) is 25.5 Å². The van der Waals surface area contributed by atoms with Crippen LogP contribution in [-0.4, -0.2) is 42.1 Å². The van der Waals surface area contributed by atoms with Gasteiger partial charge in [0.05, 0.1) is 29.5 Å². The molecule has 1 saturated heterocycles. The van der Waals surface area contributed by atoms with Crippen molar-refractivity contribution in [1.29, 1.82) is 0 Å². The van der Waals surface area contributed by atoms with Crippen LogP contribution >= 0.6 is 0 Å². The standard InChI is InChI=1S/C23H24F6N4O/c1-32(2)21(15-6-4-3-5-7-15)10-8-20(9-11-21)14-33(19(34)31-20)17-13-30-18(23(27,28)29)12-16(17)22(24,25)26/h3-7,12-13H,8-11,14H2,1-2H3,(H,31,34). The Labute approximate surface area is 192 Å². The highest BCUT2D eigenvalue weighted by molar-refractivity contribution is 5.96. The van der Waals surface area contributed by atoms with Gasteiger partial charge >= 0.3 is 18.4 Å². The summed E-state index contributed by atoms with van der Waals surface area (Å²) in [5.41, 5.74) is -3.84. The number of nitrogens with zero attached hydrogens (tertiary/aromatic N) is 3. The molecular formula is C23H24F6N4O. The summed E-state index contributed by atoms with van der Waals surface area (Å²) in [4.78, 5) is 18.9. The molecule has 4 rings (SSSR count). The summed E-state index contributed by atoms with van der Waals surface area (Å²) in [7, 11) is 3.93. The number of pyridine rings is 1. The Bertz CT molecular complexity index is 1060. The van der Waals surface area contributed by atoms with E-state index in [1.165, 1.54) is 0 Å². The lowest BCUT2D eigenvalue weighted by Gasteiger charge is -2.48. The molecule has 1 N–H and O–H groups in total. The van der Waals surface area contributed by atoms with E-state index in [-0.39, 0.29) is 18.2 Å². The summed E-state index contributed by atoms with van der Waals surface area (Å²) in [6, 6.07) is 9.05. The number of carbonyl (C=O) groups is 1. The van der Waals surface area contributed by atoms with Crippen LogP contribution in [0.1, 0.15) is 42.5 Å². The molecule has 2 heterocycles. The predicted octanol–water partition coefficient (Wildman–Crippen LogP) is 5.42. The van der Waals surface area contributed by atoms with E-state index in [1.807, 2.05) is 44.4 Å². The summed E-state index contributed by atoms with van der Waals surface area (Å²) in [5, 5.41) is 2.82. The molecule has 1 aliphatic carbocycles. The molecule has 1 aliphatic heterocycles. The second-order valence-electron chi connectivity index (χ2n) is 9.17. The van der Waals surface area contributed by atoms with E-state index in [2.05, 4.69) is 15.2 Å². The van der Waals surface area contributed by atoms with Gasteiger partial charge in [-0.05, 0) is 51.4 Å². The number of anilines is 1. The van der Waals surface area contributed by atoms with Crippen LogP contribution < -0.4 is 10.2 Å². The average Bonchev–Trinajstić information content (AvgIpc) is 3.09. The molecule has 0 radical (unpaired) electrons. The number of urea groups is 1. The zero-order chi connectivity index (χ0) is 24.9. The molecule has 1 aromatic heterocycles. The first-order valence-corrected chi connectivity index (χ1v) is 10.7. The molecule has 2 aromatic rings. The zero-order valence-electron chi connectivity index (χ0n) is 18.6. The highest BCUT2D eigenvalue weighted by Gasteiger charge is 2.51. The Morgan fingerprint density at radius 2 is 1.59 bits per heavy atom. The van der Waals surface area contributed by atoms with E-state index in [9.17, 15) is 31.1 Å². The molecule has 2 aliphatic rings. The highest BCUT2D eigenvalue weighted by Crippen LogP contribution is 2.47. The van der Waals surface area contributed by atoms with Gasteiger partial charge in [0.2, 0.25) is 0 Å². The Morgan fingerprint density at radius 3 is 2.12 bits per heavy atom. The van der Waals surface area contributed by atoms with Gasteiger partial charge in [0.1, 0.15) is 5.69 Å². The average molecular weight is 486 g/mol. The van der Waals surface area contributed by atoms with E-state index in [0.29, 0.717) is 31.9 Å². The van der Waals surface area contributed by atoms with Crippen LogP contribution in [-0.2, 0) is 17.9 Å². The fourth-order valence-corrected chi connectivity index (χ4v) is 5.12. The van der Waals surface area contributed by atoms with Crippen molar-refractivity contribution in [1.82, 2.24) is 15.2 Å². The second-order valence-corrected chi connectivity index (χ2v) is 9.17. The number of carbonyl (C=O) groups excluding carboxylic acids is 1. The number of alkyl halides is 6. The first-order valence-electron chi connectivity index (χ1n) is 10.7. The Kier molecular flexibility index (Phi) is 5.82. The SMILES string of the molecule is CN(C)C1(c2ccccc2)CCC2(CC1)CN(c1cnc(C(F)(F)F)cc1C(F)(F)F)C(=O)N2. The van der Waals surface area contributed by atoms with Gasteiger partial charge in [-0.2, -0.15) is 26.3 Å². The molecule has 0 unspecified atom stereocenters. The van der Waals surface area contributed by atoms with Gasteiger partial charge in [-0.25, -0.2) is 9.78 Å². The molecule has 0 bridgehead atoms. The minimum Gasteiger partial charge on any atom is -0.330 e. The first kappa shape index (κ1) is 24.3. The fraction of sp³-hybridized carbons (Fsp3) is 0.478. The van der Waals surface area contributed by atoms with E-state index in [4.69, 9.17) is 0 Å². The molecule has 5 nitrogen and oxygen atoms in total. The van der Waals surface area contributed by atoms with Crippen molar-refractivity contribution in [3.8, 4) is 0 Å². The van der Waals surface area contributed by atoms with Gasteiger partial charge < -0.3 is 5.32 Å². The number of nitrogens with one attached hydrogen (secondary N) is 1. The number of hydrogen-bond acceptors (Lipinski definition) is 3. The maximum absolute atomic E-state index is 13.6. The minimum absolute atomic E-state index is 0.0407. The Balaban J connectivity index is 1.62. The molecular weight excluding hydrogens is 462 g/mol. The number of aromatic nitrogens is 1. The van der Waals surface area contributed by atoms with Gasteiger partial charge in [0, 0.05) is 5.54 Å². The van der Waals surface area contributed by atoms with Gasteiger partial charge in [-0.1, -0.05) is 30.3 Å². The van der Waals surface area contributed by atoms with Crippen LogP contribution in [0.3, 0.4) is 0 Å². The van der Waals surface area contributed by atoms with Crippen LogP contribution in [0, 0.1) is 0 Å². The van der Waals surface area contributed by atoms with E-state index in [1.54, 1.807) is 0 Å². The summed E-state index contributed by atoms with van der Waals surface area (Å²) in [5.74, 6) is 0. The number of benzene rings is 1. The molecule has 34 heavy (non-hydrogen) atoms. The van der Waals surface area contributed by atoms with Gasteiger partial charge in [0.25, 0.3) is 0 Å². The van der Waals surface area contributed by atoms with Crippen LogP contribution in [0.25, 0.3) is 0 Å². The van der Waals surface area contributed by atoms with Crippen LogP contribution in [0.2, 0.25) is 0 Å². The normalized spacial score (nSPS) is 25.8. The maximum Gasteiger partial charge on any atom is 0.433 e. The largest absolute Gasteiger partial charge is 0.433 e. The lowest BCUT2D eigenvalue weighted by atomic mass is 9.69. The zero-order valence-corrected chi connectivity index (χ0v) is 18.6. The third-order valence-electron chi connectivity index (χ3n) is 7.05. The number of hydrogen-bond donors (Lipinski definition) is 1. The van der Waals surface area contributed by atoms with Crippen molar-refractivity contribution in [2.24, 2.45) is 0 Å². The van der Waals surface area contributed by atoms with Crippen molar-refractivity contribution in [3.05, 3.63) is 59.4 Å². The molecule has 2 amide bonds. The fourth-order valence-electron chi connectivity index (χ4n) is 5.12. The topological polar surface area (TPSA) is 48.5 Å². The van der Waals surface area contributed by atoms with E-state index >= 15 is 0 Å². The number of rotatable bonds is 3. The smallest absolute Gasteiger partial charge is 0.330 e. The van der Waals surface area contributed by atoms with Gasteiger partial charge in [-0.15, -0.1) is 0 Å². The third-order valence-corrected chi connectivity index (χ3v) is 7.05. The number of amides is 2. The van der Waals surface area contributed by atoms with Crippen molar-refractivity contribution in [3.63, 3.8) is 0 Å². The van der Waals surface area contributed by atoms with E-state index < -0.39 is 40.9 Å². The lowest BCUT2D eigenvalue weighted by molar-refractivity contribution is -0.145. The molecule has 1 saturated carbocycles. The van der Waals surface area contributed by atoms with Crippen LogP contribution in [0.5, 0.6) is 0 Å². The maximum atomic E-state index is 13.6. The third kappa shape index (κ3) is 4.21. The van der Waals surface area contributed by atoms with Crippen molar-refractivity contribution >= 4 is 11.7 Å². The van der Waals surface area contributed by atoms with Crippen molar-refractivity contribution < 1.29 is 31.1 Å². The summed E-state index contributed by atoms with van der Waals surface area (Å²) >= 11 is 0. The summed E-state index contributed by atoms with van der Waals surface area (Å²) in [6.45, 7) is -0.0831. The number of halogens is 6. The Hall–Kier alpha value is -2.82. The summed E-state index contributed by atoms with van der Waals surface area (Å²) < 4.78 is 79.9. The van der Waals surface area contributed by atoms with Crippen molar-refractivity contribution in [2.45, 2.75) is 49.1 Å².